The molecule has 6 nitrogen and oxygen atoms in total. The second-order valence-electron chi connectivity index (χ2n) is 2.57. The van der Waals surface area contributed by atoms with Crippen molar-refractivity contribution in [2.45, 2.75) is 0 Å². The van der Waals surface area contributed by atoms with Gasteiger partial charge in [-0.15, -0.1) is 11.8 Å². The number of methoxy groups -OCH3 is 1. The van der Waals surface area contributed by atoms with Crippen LogP contribution in [0.4, 0.5) is 4.79 Å². The lowest BCUT2D eigenvalue weighted by Crippen LogP contribution is -2.41. The van der Waals surface area contributed by atoms with Crippen LogP contribution < -0.4 is 10.6 Å². The summed E-state index contributed by atoms with van der Waals surface area (Å²) in [7, 11) is 1.52. The molecule has 15 heavy (non-hydrogen) atoms. The number of urea groups is 1. The van der Waals surface area contributed by atoms with Crippen LogP contribution in [-0.4, -0.2) is 55.4 Å². The van der Waals surface area contributed by atoms with Crippen LogP contribution in [0.5, 0.6) is 0 Å². The van der Waals surface area contributed by atoms with Gasteiger partial charge in [-0.1, -0.05) is 0 Å². The van der Waals surface area contributed by atoms with Gasteiger partial charge in [0.2, 0.25) is 5.91 Å². The van der Waals surface area contributed by atoms with E-state index >= 15 is 0 Å². The fourth-order valence-corrected chi connectivity index (χ4v) is 1.23. The predicted octanol–water partition coefficient (Wildman–Crippen LogP) is -0.816. The van der Waals surface area contributed by atoms with E-state index in [0.717, 1.165) is 0 Å². The Kier molecular flexibility index (Phi) is 9.24. The lowest BCUT2D eigenvalue weighted by atomic mass is 10.6. The lowest BCUT2D eigenvalue weighted by Gasteiger charge is -2.05. The molecule has 0 rings (SSSR count). The molecule has 0 aromatic heterocycles. The molecule has 0 fully saturated rings. The molecule has 0 aliphatic heterocycles. The highest BCUT2D eigenvalue weighted by molar-refractivity contribution is 7.99. The molecule has 0 unspecified atom stereocenters. The minimum atomic E-state index is -0.526. The Labute approximate surface area is 92.7 Å². The first-order valence-electron chi connectivity index (χ1n) is 4.46. The fourth-order valence-electron chi connectivity index (χ4n) is 0.703. The van der Waals surface area contributed by atoms with Crippen molar-refractivity contribution in [2.24, 2.45) is 0 Å². The number of aliphatic hydroxyl groups excluding tert-OH is 1. The molecule has 0 saturated heterocycles. The maximum Gasteiger partial charge on any atom is 0.321 e. The van der Waals surface area contributed by atoms with Gasteiger partial charge in [-0.25, -0.2) is 4.79 Å². The normalized spacial score (nSPS) is 9.73. The monoisotopic (exact) mass is 236 g/mol. The van der Waals surface area contributed by atoms with Gasteiger partial charge in [0.1, 0.15) is 0 Å². The molecule has 0 spiro atoms. The standard InChI is InChI=1S/C8H16N2O4S/c1-14-4-2-9-8(13)10-7(12)6-15-5-3-11/h11H,2-6H2,1H3,(H2,9,10,12,13). The van der Waals surface area contributed by atoms with Crippen LogP contribution >= 0.6 is 11.8 Å². The summed E-state index contributed by atoms with van der Waals surface area (Å²) in [6, 6.07) is -0.526. The second kappa shape index (κ2) is 9.75. The molecule has 0 aromatic carbocycles. The number of ether oxygens (including phenoxy) is 1. The molecule has 0 aliphatic rings. The molecule has 88 valence electrons. The smallest absolute Gasteiger partial charge is 0.321 e. The lowest BCUT2D eigenvalue weighted by molar-refractivity contribution is -0.117. The summed E-state index contributed by atoms with van der Waals surface area (Å²) in [5.74, 6) is 0.278. The summed E-state index contributed by atoms with van der Waals surface area (Å²) in [6.07, 6.45) is 0. The highest BCUT2D eigenvalue weighted by Crippen LogP contribution is 1.96. The Morgan fingerprint density at radius 1 is 1.47 bits per heavy atom. The number of carbonyl (C=O) groups is 2. The van der Waals surface area contributed by atoms with Gasteiger partial charge in [0.25, 0.3) is 0 Å². The Morgan fingerprint density at radius 2 is 2.20 bits per heavy atom. The molecular formula is C8H16N2O4S. The van der Waals surface area contributed by atoms with E-state index in [-0.39, 0.29) is 18.3 Å². The number of nitrogens with one attached hydrogen (secondary N) is 2. The van der Waals surface area contributed by atoms with Gasteiger partial charge in [-0.05, 0) is 0 Å². The number of hydrogen-bond donors (Lipinski definition) is 3. The Hall–Kier alpha value is -0.790. The molecule has 0 atom stereocenters. The summed E-state index contributed by atoms with van der Waals surface area (Å²) in [6.45, 7) is 0.790. The first-order chi connectivity index (χ1) is 7.20. The summed E-state index contributed by atoms with van der Waals surface area (Å²) in [5, 5.41) is 13.1. The molecule has 0 saturated carbocycles. The third-order valence-electron chi connectivity index (χ3n) is 1.31. The van der Waals surface area contributed by atoms with Gasteiger partial charge in [0.15, 0.2) is 0 Å². The number of thioether (sulfide) groups is 1. The summed E-state index contributed by atoms with van der Waals surface area (Å²) < 4.78 is 4.72. The van der Waals surface area contributed by atoms with Crippen LogP contribution in [0.3, 0.4) is 0 Å². The minimum Gasteiger partial charge on any atom is -0.396 e. The first kappa shape index (κ1) is 14.2. The zero-order chi connectivity index (χ0) is 11.5. The van der Waals surface area contributed by atoms with E-state index in [1.807, 2.05) is 0 Å². The van der Waals surface area contributed by atoms with E-state index < -0.39 is 6.03 Å². The van der Waals surface area contributed by atoms with Gasteiger partial charge in [-0.3, -0.25) is 10.1 Å². The van der Waals surface area contributed by atoms with Gasteiger partial charge >= 0.3 is 6.03 Å². The van der Waals surface area contributed by atoms with E-state index in [4.69, 9.17) is 9.84 Å². The van der Waals surface area contributed by atoms with Crippen molar-refractivity contribution >= 4 is 23.7 Å². The number of rotatable bonds is 7. The number of hydrogen-bond acceptors (Lipinski definition) is 5. The molecule has 0 bridgehead atoms. The van der Waals surface area contributed by atoms with Gasteiger partial charge in [-0.2, -0.15) is 0 Å². The van der Waals surface area contributed by atoms with Crippen molar-refractivity contribution in [3.05, 3.63) is 0 Å². The molecule has 3 amide bonds. The topological polar surface area (TPSA) is 87.7 Å². The Bertz CT molecular complexity index is 181. The van der Waals surface area contributed by atoms with Crippen molar-refractivity contribution in [1.82, 2.24) is 10.6 Å². The average Bonchev–Trinajstić information content (AvgIpc) is 2.18. The van der Waals surface area contributed by atoms with Crippen LogP contribution in [0, 0.1) is 0 Å². The zero-order valence-electron chi connectivity index (χ0n) is 8.62. The maximum absolute atomic E-state index is 11.1. The molecule has 7 heteroatoms. The summed E-state index contributed by atoms with van der Waals surface area (Å²) in [4.78, 5) is 22.1. The van der Waals surface area contributed by atoms with E-state index in [0.29, 0.717) is 18.9 Å². The number of amides is 3. The number of aliphatic hydroxyl groups is 1. The average molecular weight is 236 g/mol. The Balaban J connectivity index is 3.45. The SMILES string of the molecule is COCCNC(=O)NC(=O)CSCCO. The van der Waals surface area contributed by atoms with Crippen molar-refractivity contribution in [3.8, 4) is 0 Å². The number of imide groups is 1. The molecular weight excluding hydrogens is 220 g/mol. The van der Waals surface area contributed by atoms with Crippen LogP contribution in [0.2, 0.25) is 0 Å². The largest absolute Gasteiger partial charge is 0.396 e. The van der Waals surface area contributed by atoms with Gasteiger partial charge < -0.3 is 15.2 Å². The van der Waals surface area contributed by atoms with E-state index in [1.54, 1.807) is 0 Å². The van der Waals surface area contributed by atoms with E-state index in [9.17, 15) is 9.59 Å². The highest BCUT2D eigenvalue weighted by Gasteiger charge is 2.06. The van der Waals surface area contributed by atoms with Crippen molar-refractivity contribution in [1.29, 1.82) is 0 Å². The molecule has 0 heterocycles. The quantitative estimate of drug-likeness (QED) is 0.503. The third kappa shape index (κ3) is 9.51. The minimum absolute atomic E-state index is 0.0258. The van der Waals surface area contributed by atoms with Crippen LogP contribution in [0.25, 0.3) is 0 Å². The summed E-state index contributed by atoms with van der Waals surface area (Å²) in [5.41, 5.74) is 0. The molecule has 3 N–H and O–H groups in total. The van der Waals surface area contributed by atoms with E-state index in [1.165, 1.54) is 18.9 Å². The first-order valence-corrected chi connectivity index (χ1v) is 5.61. The fraction of sp³-hybridized carbons (Fsp3) is 0.750. The van der Waals surface area contributed by atoms with Crippen molar-refractivity contribution < 1.29 is 19.4 Å². The van der Waals surface area contributed by atoms with Crippen LogP contribution in [0.1, 0.15) is 0 Å². The highest BCUT2D eigenvalue weighted by atomic mass is 32.2. The maximum atomic E-state index is 11.1. The van der Waals surface area contributed by atoms with Crippen molar-refractivity contribution in [2.75, 3.05) is 38.4 Å². The van der Waals surface area contributed by atoms with Crippen molar-refractivity contribution in [3.63, 3.8) is 0 Å². The van der Waals surface area contributed by atoms with Crippen LogP contribution in [-0.2, 0) is 9.53 Å². The summed E-state index contributed by atoms with van der Waals surface area (Å²) >= 11 is 1.26. The Morgan fingerprint density at radius 3 is 2.80 bits per heavy atom. The third-order valence-corrected chi connectivity index (χ3v) is 2.25. The number of carbonyl (C=O) groups excluding carboxylic acids is 2. The van der Waals surface area contributed by atoms with Gasteiger partial charge in [0.05, 0.1) is 19.0 Å². The molecule has 0 radical (unpaired) electrons. The predicted molar refractivity (Wildman–Crippen MR) is 57.8 cm³/mol. The molecule has 0 aromatic rings. The zero-order valence-corrected chi connectivity index (χ0v) is 9.43. The van der Waals surface area contributed by atoms with Crippen LogP contribution in [0.15, 0.2) is 0 Å². The van der Waals surface area contributed by atoms with Gasteiger partial charge in [0, 0.05) is 19.4 Å². The second-order valence-corrected chi connectivity index (χ2v) is 3.68. The van der Waals surface area contributed by atoms with E-state index in [2.05, 4.69) is 10.6 Å². The molecule has 0 aliphatic carbocycles.